The molecule has 7 nitrogen and oxygen atoms in total. The lowest BCUT2D eigenvalue weighted by atomic mass is 10.1. The summed E-state index contributed by atoms with van der Waals surface area (Å²) in [7, 11) is 0. The molecule has 0 aliphatic rings. The van der Waals surface area contributed by atoms with Gasteiger partial charge in [0.2, 0.25) is 5.82 Å². The highest BCUT2D eigenvalue weighted by Crippen LogP contribution is 2.29. The summed E-state index contributed by atoms with van der Waals surface area (Å²) < 4.78 is 41.5. The van der Waals surface area contributed by atoms with E-state index in [1.54, 1.807) is 0 Å². The molecule has 0 bridgehead atoms. The Labute approximate surface area is 136 Å². The van der Waals surface area contributed by atoms with Gasteiger partial charge in [0, 0.05) is 11.1 Å². The van der Waals surface area contributed by atoms with Crippen LogP contribution in [0, 0.1) is 0 Å². The molecule has 1 aromatic carbocycles. The van der Waals surface area contributed by atoms with Crippen LogP contribution in [0.1, 0.15) is 16.2 Å². The van der Waals surface area contributed by atoms with E-state index in [2.05, 4.69) is 29.8 Å². The van der Waals surface area contributed by atoms with Gasteiger partial charge in [0.25, 0.3) is 0 Å². The van der Waals surface area contributed by atoms with E-state index in [9.17, 15) is 18.0 Å². The Morgan fingerprint density at radius 3 is 2.58 bits per heavy atom. The van der Waals surface area contributed by atoms with Crippen molar-refractivity contribution in [2.75, 3.05) is 5.75 Å². The molecule has 0 spiro atoms. The summed E-state index contributed by atoms with van der Waals surface area (Å²) in [5.74, 6) is -1.62. The van der Waals surface area contributed by atoms with Gasteiger partial charge in [-0.1, -0.05) is 41.2 Å². The minimum absolute atomic E-state index is 0.148. The van der Waals surface area contributed by atoms with Crippen molar-refractivity contribution in [1.82, 2.24) is 25.3 Å². The van der Waals surface area contributed by atoms with Crippen LogP contribution in [0.15, 0.2) is 40.3 Å². The van der Waals surface area contributed by atoms with Gasteiger partial charge >= 0.3 is 12.1 Å². The minimum Gasteiger partial charge on any atom is -0.329 e. The topological polar surface area (TPSA) is 97.6 Å². The maximum Gasteiger partial charge on any atom is 0.471 e. The number of hydrogen-bond acceptors (Lipinski definition) is 7. The summed E-state index contributed by atoms with van der Waals surface area (Å²) in [5, 5.41) is 10.1. The molecular weight excluding hydrogens is 347 g/mol. The number of H-pyrrole nitrogens is 1. The van der Waals surface area contributed by atoms with Crippen LogP contribution in [-0.2, 0) is 6.18 Å². The van der Waals surface area contributed by atoms with Crippen LogP contribution in [0.4, 0.5) is 13.2 Å². The van der Waals surface area contributed by atoms with Crippen LogP contribution in [0.2, 0.25) is 0 Å². The van der Waals surface area contributed by atoms with Crippen molar-refractivity contribution in [3.8, 4) is 11.4 Å². The molecule has 0 amide bonds. The molecule has 0 saturated heterocycles. The molecule has 3 aromatic rings. The molecule has 2 heterocycles. The number of aromatic nitrogens is 5. The minimum atomic E-state index is -4.70. The number of Topliss-reactive ketones (excluding diaryl/α,β-unsaturated/α-hetero) is 1. The molecule has 24 heavy (non-hydrogen) atoms. The number of nitrogens with one attached hydrogen (secondary N) is 1. The number of rotatable bonds is 5. The van der Waals surface area contributed by atoms with Crippen molar-refractivity contribution >= 4 is 17.5 Å². The normalized spacial score (nSPS) is 11.6. The third kappa shape index (κ3) is 3.62. The maximum absolute atomic E-state index is 12.4. The Kier molecular flexibility index (Phi) is 4.34. The van der Waals surface area contributed by atoms with E-state index < -0.39 is 12.1 Å². The molecule has 11 heteroatoms. The summed E-state index contributed by atoms with van der Waals surface area (Å²) in [4.78, 5) is 19.2. The number of carbonyl (C=O) groups excluding carboxylic acids is 1. The molecule has 3 rings (SSSR count). The number of hydrogen-bond donors (Lipinski definition) is 1. The first-order chi connectivity index (χ1) is 11.4. The number of benzene rings is 1. The molecule has 0 radical (unpaired) electrons. The summed E-state index contributed by atoms with van der Waals surface area (Å²) in [6, 6.07) is 5.89. The molecule has 0 unspecified atom stereocenters. The van der Waals surface area contributed by atoms with Crippen molar-refractivity contribution in [1.29, 1.82) is 0 Å². The fourth-order valence-corrected chi connectivity index (χ4v) is 2.42. The zero-order valence-electron chi connectivity index (χ0n) is 11.7. The molecule has 0 saturated carbocycles. The van der Waals surface area contributed by atoms with E-state index in [-0.39, 0.29) is 17.4 Å². The van der Waals surface area contributed by atoms with Gasteiger partial charge in [-0.25, -0.2) is 4.98 Å². The number of thioether (sulfide) groups is 1. The summed E-state index contributed by atoms with van der Waals surface area (Å²) in [5.41, 5.74) is 0.721. The Morgan fingerprint density at radius 2 is 2.00 bits per heavy atom. The predicted molar refractivity (Wildman–Crippen MR) is 76.2 cm³/mol. The third-order valence-corrected chi connectivity index (χ3v) is 3.74. The number of halogens is 3. The molecule has 0 aliphatic carbocycles. The fourth-order valence-electron chi connectivity index (χ4n) is 1.74. The predicted octanol–water partition coefficient (Wildman–Crippen LogP) is 2.85. The van der Waals surface area contributed by atoms with Crippen LogP contribution in [0.5, 0.6) is 0 Å². The van der Waals surface area contributed by atoms with Crippen molar-refractivity contribution in [2.45, 2.75) is 11.3 Å². The highest BCUT2D eigenvalue weighted by atomic mass is 32.2. The monoisotopic (exact) mass is 355 g/mol. The largest absolute Gasteiger partial charge is 0.471 e. The van der Waals surface area contributed by atoms with Gasteiger partial charge < -0.3 is 4.52 Å². The van der Waals surface area contributed by atoms with Gasteiger partial charge in [0.15, 0.2) is 10.9 Å². The molecule has 2 aromatic heterocycles. The zero-order chi connectivity index (χ0) is 17.2. The fraction of sp³-hybridized carbons (Fsp3) is 0.154. The number of ketones is 1. The van der Waals surface area contributed by atoms with Gasteiger partial charge in [0.1, 0.15) is 6.33 Å². The first-order valence-electron chi connectivity index (χ1n) is 6.46. The van der Waals surface area contributed by atoms with Crippen molar-refractivity contribution in [3.63, 3.8) is 0 Å². The van der Waals surface area contributed by atoms with Gasteiger partial charge in [-0.2, -0.15) is 23.3 Å². The molecule has 0 fully saturated rings. The first kappa shape index (κ1) is 16.2. The van der Waals surface area contributed by atoms with Gasteiger partial charge in [0.05, 0.1) is 5.75 Å². The van der Waals surface area contributed by atoms with Crippen LogP contribution in [0.3, 0.4) is 0 Å². The standard InChI is InChI=1S/C13H8F3N5O2S/c14-13(15,16)11-19-10(21-23-11)8-3-1-7(2-4-8)9(22)5-24-12-17-6-18-20-12/h1-4,6H,5H2,(H,17,18,20). The van der Waals surface area contributed by atoms with E-state index in [1.807, 2.05) is 0 Å². The van der Waals surface area contributed by atoms with Crippen LogP contribution in [-0.4, -0.2) is 36.9 Å². The molecule has 124 valence electrons. The van der Waals surface area contributed by atoms with E-state index in [1.165, 1.54) is 42.4 Å². The maximum atomic E-state index is 12.4. The highest BCUT2D eigenvalue weighted by molar-refractivity contribution is 7.99. The number of nitrogens with zero attached hydrogens (tertiary/aromatic N) is 4. The lowest BCUT2D eigenvalue weighted by Gasteiger charge is -2.01. The Morgan fingerprint density at radius 1 is 1.25 bits per heavy atom. The second kappa shape index (κ2) is 6.43. The van der Waals surface area contributed by atoms with E-state index in [4.69, 9.17) is 0 Å². The van der Waals surface area contributed by atoms with Crippen molar-refractivity contribution in [2.24, 2.45) is 0 Å². The Balaban J connectivity index is 1.68. The van der Waals surface area contributed by atoms with Crippen LogP contribution < -0.4 is 0 Å². The molecule has 1 N–H and O–H groups in total. The van der Waals surface area contributed by atoms with Crippen molar-refractivity contribution in [3.05, 3.63) is 42.0 Å². The average molecular weight is 355 g/mol. The quantitative estimate of drug-likeness (QED) is 0.555. The number of aromatic amines is 1. The lowest BCUT2D eigenvalue weighted by Crippen LogP contribution is -2.05. The number of alkyl halides is 3. The van der Waals surface area contributed by atoms with Gasteiger partial charge in [-0.3, -0.25) is 9.89 Å². The van der Waals surface area contributed by atoms with E-state index in [0.29, 0.717) is 16.3 Å². The summed E-state index contributed by atoms with van der Waals surface area (Å²) in [6.07, 6.45) is -3.36. The van der Waals surface area contributed by atoms with Crippen LogP contribution in [0.25, 0.3) is 11.4 Å². The Bertz CT molecular complexity index is 830. The SMILES string of the molecule is O=C(CSc1ncn[nH]1)c1ccc(-c2noc(C(F)(F)F)n2)cc1. The van der Waals surface area contributed by atoms with E-state index in [0.717, 1.165) is 0 Å². The van der Waals surface area contributed by atoms with Gasteiger partial charge in [-0.15, -0.1) is 0 Å². The first-order valence-corrected chi connectivity index (χ1v) is 7.45. The smallest absolute Gasteiger partial charge is 0.329 e. The lowest BCUT2D eigenvalue weighted by molar-refractivity contribution is -0.159. The molecule has 0 atom stereocenters. The summed E-state index contributed by atoms with van der Waals surface area (Å²) in [6.45, 7) is 0. The van der Waals surface area contributed by atoms with Crippen LogP contribution >= 0.6 is 11.8 Å². The van der Waals surface area contributed by atoms with Crippen molar-refractivity contribution < 1.29 is 22.5 Å². The highest BCUT2D eigenvalue weighted by Gasteiger charge is 2.38. The average Bonchev–Trinajstić information content (AvgIpc) is 3.23. The zero-order valence-corrected chi connectivity index (χ0v) is 12.6. The van der Waals surface area contributed by atoms with Gasteiger partial charge in [-0.05, 0) is 0 Å². The molecule has 0 aliphatic heterocycles. The second-order valence-corrected chi connectivity index (χ2v) is 5.46. The Hall–Kier alpha value is -2.69. The second-order valence-electron chi connectivity index (χ2n) is 4.50. The number of carbonyl (C=O) groups is 1. The molecular formula is C13H8F3N5O2S. The van der Waals surface area contributed by atoms with E-state index >= 15 is 0 Å². The third-order valence-electron chi connectivity index (χ3n) is 2.87. The summed E-state index contributed by atoms with van der Waals surface area (Å²) >= 11 is 1.19.